The molecule has 0 radical (unpaired) electrons. The standard InChI is InChI=1S/C21H21N3OS/c1-3-14(2)12-20(25)22-16-10-8-15(9-11-16)17-13-24-18-6-4-5-7-19(18)26-21(24)23-17/h4-11,13-14H,3,12H2,1-2H3,(H,22,25)/i13T. The second-order valence-electron chi connectivity index (χ2n) is 6.60. The van der Waals surface area contributed by atoms with E-state index in [0.717, 1.165) is 32.8 Å². The van der Waals surface area contributed by atoms with Crippen molar-refractivity contribution < 1.29 is 6.17 Å². The Bertz CT molecular complexity index is 1110. The van der Waals surface area contributed by atoms with E-state index in [1.807, 2.05) is 52.9 Å². The first-order chi connectivity index (χ1) is 13.1. The normalized spacial score (nSPS) is 13.1. The van der Waals surface area contributed by atoms with Gasteiger partial charge < -0.3 is 5.32 Å². The van der Waals surface area contributed by atoms with Crippen LogP contribution in [0.2, 0.25) is 0 Å². The molecule has 0 fully saturated rings. The second kappa shape index (κ2) is 6.92. The Balaban J connectivity index is 1.60. The molecule has 1 atom stereocenters. The van der Waals surface area contributed by atoms with E-state index in [9.17, 15) is 4.79 Å². The fraction of sp³-hybridized carbons (Fsp3) is 0.238. The van der Waals surface area contributed by atoms with Gasteiger partial charge in [-0.05, 0) is 30.2 Å². The topological polar surface area (TPSA) is 46.4 Å². The van der Waals surface area contributed by atoms with Gasteiger partial charge in [-0.2, -0.15) is 0 Å². The first kappa shape index (κ1) is 15.6. The molecule has 4 rings (SSSR count). The van der Waals surface area contributed by atoms with E-state index >= 15 is 0 Å². The summed E-state index contributed by atoms with van der Waals surface area (Å²) in [4.78, 5) is 17.5. The van der Waals surface area contributed by atoms with Crippen molar-refractivity contribution in [3.8, 4) is 11.3 Å². The summed E-state index contributed by atoms with van der Waals surface area (Å²) < 4.78 is 11.6. The number of benzene rings is 2. The summed E-state index contributed by atoms with van der Waals surface area (Å²) >= 11 is 1.59. The Morgan fingerprint density at radius 2 is 2.04 bits per heavy atom. The third-order valence-electron chi connectivity index (χ3n) is 4.60. The van der Waals surface area contributed by atoms with Gasteiger partial charge in [0.1, 0.15) is 0 Å². The molecule has 4 nitrogen and oxygen atoms in total. The summed E-state index contributed by atoms with van der Waals surface area (Å²) in [5.74, 6) is 0.413. The molecule has 0 bridgehead atoms. The van der Waals surface area contributed by atoms with Crippen LogP contribution in [0.4, 0.5) is 5.69 Å². The summed E-state index contributed by atoms with van der Waals surface area (Å²) in [7, 11) is 0. The Morgan fingerprint density at radius 3 is 2.81 bits per heavy atom. The monoisotopic (exact) mass is 365 g/mol. The number of rotatable bonds is 5. The van der Waals surface area contributed by atoms with E-state index in [-0.39, 0.29) is 5.91 Å². The number of carbonyl (C=O) groups excluding carboxylic acids is 1. The zero-order valence-corrected chi connectivity index (χ0v) is 15.6. The number of imidazole rings is 1. The van der Waals surface area contributed by atoms with Crippen LogP contribution in [0.25, 0.3) is 26.4 Å². The van der Waals surface area contributed by atoms with Gasteiger partial charge in [0.25, 0.3) is 0 Å². The predicted octanol–water partition coefficient (Wildman–Crippen LogP) is 5.59. The molecule has 0 saturated carbocycles. The number of nitrogens with one attached hydrogen (secondary N) is 1. The lowest BCUT2D eigenvalue weighted by Gasteiger charge is -2.09. The third-order valence-corrected chi connectivity index (χ3v) is 5.62. The molecule has 0 aliphatic rings. The Morgan fingerprint density at radius 1 is 1.27 bits per heavy atom. The Kier molecular flexibility index (Phi) is 4.15. The first-order valence-corrected chi connectivity index (χ1v) is 9.65. The largest absolute Gasteiger partial charge is 0.326 e. The average Bonchev–Trinajstić information content (AvgIpc) is 3.19. The molecule has 0 aliphatic carbocycles. The van der Waals surface area contributed by atoms with Crippen molar-refractivity contribution >= 4 is 38.1 Å². The number of hydrogen-bond donors (Lipinski definition) is 1. The number of para-hydroxylation sites is 1. The van der Waals surface area contributed by atoms with Crippen molar-refractivity contribution in [2.24, 2.45) is 5.92 Å². The maximum atomic E-state index is 12.0. The van der Waals surface area contributed by atoms with Gasteiger partial charge in [0.2, 0.25) is 5.91 Å². The van der Waals surface area contributed by atoms with Crippen LogP contribution in [-0.2, 0) is 4.79 Å². The molecule has 0 saturated heterocycles. The van der Waals surface area contributed by atoms with Crippen molar-refractivity contribution in [2.75, 3.05) is 5.32 Å². The lowest BCUT2D eigenvalue weighted by Crippen LogP contribution is -2.14. The van der Waals surface area contributed by atoms with Crippen LogP contribution in [0.5, 0.6) is 0 Å². The lowest BCUT2D eigenvalue weighted by atomic mass is 10.0. The summed E-state index contributed by atoms with van der Waals surface area (Å²) in [6.45, 7) is 4.16. The minimum atomic E-state index is 0.0345. The van der Waals surface area contributed by atoms with Crippen LogP contribution in [0.15, 0.2) is 54.7 Å². The highest BCUT2D eigenvalue weighted by atomic mass is 32.1. The van der Waals surface area contributed by atoms with Crippen LogP contribution in [0.3, 0.4) is 0 Å². The molecule has 132 valence electrons. The van der Waals surface area contributed by atoms with Gasteiger partial charge in [-0.25, -0.2) is 4.98 Å². The fourth-order valence-corrected chi connectivity index (χ4v) is 3.88. The van der Waals surface area contributed by atoms with Crippen molar-refractivity contribution in [1.29, 1.82) is 0 Å². The maximum Gasteiger partial charge on any atom is 0.224 e. The van der Waals surface area contributed by atoms with Gasteiger partial charge in [0, 0.05) is 23.8 Å². The smallest absolute Gasteiger partial charge is 0.224 e. The van der Waals surface area contributed by atoms with Gasteiger partial charge in [0.05, 0.1) is 17.3 Å². The highest BCUT2D eigenvalue weighted by molar-refractivity contribution is 7.23. The van der Waals surface area contributed by atoms with Gasteiger partial charge in [-0.15, -0.1) is 0 Å². The number of aromatic nitrogens is 2. The Hall–Kier alpha value is -2.66. The highest BCUT2D eigenvalue weighted by Crippen LogP contribution is 2.29. The minimum absolute atomic E-state index is 0.0345. The van der Waals surface area contributed by atoms with Gasteiger partial charge in [-0.3, -0.25) is 9.20 Å². The number of anilines is 1. The van der Waals surface area contributed by atoms with Crippen LogP contribution in [0, 0.1) is 5.92 Å². The van der Waals surface area contributed by atoms with Crippen LogP contribution < -0.4 is 5.32 Å². The van der Waals surface area contributed by atoms with E-state index in [1.54, 1.807) is 11.3 Å². The number of hydrogen-bond acceptors (Lipinski definition) is 3. The molecule has 1 amide bonds. The number of thiazole rings is 1. The number of nitrogens with zero attached hydrogens (tertiary/aromatic N) is 2. The number of fused-ring (bicyclic) bond motifs is 3. The molecule has 5 heteroatoms. The predicted molar refractivity (Wildman–Crippen MR) is 109 cm³/mol. The van der Waals surface area contributed by atoms with Gasteiger partial charge in [-0.1, -0.05) is 55.9 Å². The van der Waals surface area contributed by atoms with Gasteiger partial charge >= 0.3 is 0 Å². The van der Waals surface area contributed by atoms with E-state index in [2.05, 4.69) is 24.1 Å². The molecule has 1 unspecified atom stereocenters. The summed E-state index contributed by atoms with van der Waals surface area (Å²) in [6, 6.07) is 15.6. The first-order valence-electron chi connectivity index (χ1n) is 9.33. The van der Waals surface area contributed by atoms with Crippen LogP contribution in [-0.4, -0.2) is 15.3 Å². The van der Waals surface area contributed by atoms with Crippen LogP contribution >= 0.6 is 11.3 Å². The molecular formula is C21H21N3OS. The van der Waals surface area contributed by atoms with E-state index in [0.29, 0.717) is 24.2 Å². The van der Waals surface area contributed by atoms with Crippen molar-refractivity contribution in [3.05, 3.63) is 54.7 Å². The van der Waals surface area contributed by atoms with E-state index < -0.39 is 0 Å². The van der Waals surface area contributed by atoms with Crippen molar-refractivity contribution in [1.82, 2.24) is 9.38 Å². The highest BCUT2D eigenvalue weighted by Gasteiger charge is 2.11. The molecule has 2 heterocycles. The molecular weight excluding hydrogens is 342 g/mol. The van der Waals surface area contributed by atoms with Crippen molar-refractivity contribution in [2.45, 2.75) is 26.7 Å². The molecule has 1 N–H and O–H groups in total. The summed E-state index contributed by atoms with van der Waals surface area (Å²) in [5, 5.41) is 2.94. The summed E-state index contributed by atoms with van der Waals surface area (Å²) in [5.41, 5.74) is 3.31. The maximum absolute atomic E-state index is 12.0. The molecule has 0 spiro atoms. The van der Waals surface area contributed by atoms with Crippen molar-refractivity contribution in [3.63, 3.8) is 0 Å². The zero-order chi connectivity index (χ0) is 19.0. The lowest BCUT2D eigenvalue weighted by molar-refractivity contribution is -0.117. The van der Waals surface area contributed by atoms with Gasteiger partial charge in [0.15, 0.2) is 4.96 Å². The van der Waals surface area contributed by atoms with E-state index in [1.165, 1.54) is 0 Å². The SMILES string of the molecule is [3H]c1c(-c2ccc(NC(=O)CC(C)CC)cc2)nc2sc3ccccc3n12. The zero-order valence-electron chi connectivity index (χ0n) is 15.8. The minimum Gasteiger partial charge on any atom is -0.326 e. The molecule has 0 aliphatic heterocycles. The molecule has 26 heavy (non-hydrogen) atoms. The fourth-order valence-electron chi connectivity index (χ4n) is 2.90. The Labute approximate surface area is 157 Å². The second-order valence-corrected chi connectivity index (χ2v) is 7.61. The van der Waals surface area contributed by atoms with E-state index in [4.69, 9.17) is 1.37 Å². The number of amides is 1. The number of carbonyl (C=O) groups is 1. The molecule has 2 aromatic carbocycles. The summed E-state index contributed by atoms with van der Waals surface area (Å²) in [6.07, 6.45) is 1.90. The quantitative estimate of drug-likeness (QED) is 0.501. The third kappa shape index (κ3) is 3.22. The van der Waals surface area contributed by atoms with Crippen LogP contribution in [0.1, 0.15) is 28.1 Å². The molecule has 2 aromatic heterocycles. The molecule has 4 aromatic rings. The average molecular weight is 365 g/mol.